The lowest BCUT2D eigenvalue weighted by Gasteiger charge is -2.07. The molecule has 0 bridgehead atoms. The lowest BCUT2D eigenvalue weighted by molar-refractivity contribution is 0.103. The largest absolute Gasteiger partial charge is 0.492 e. The number of aromatic nitrogens is 1. The second-order valence-electron chi connectivity index (χ2n) is 4.21. The van der Waals surface area contributed by atoms with Crippen molar-refractivity contribution in [2.75, 3.05) is 6.61 Å². The molecule has 0 amide bonds. The van der Waals surface area contributed by atoms with Crippen molar-refractivity contribution in [1.29, 1.82) is 0 Å². The van der Waals surface area contributed by atoms with Crippen LogP contribution in [0.3, 0.4) is 0 Å². The first-order valence-electron chi connectivity index (χ1n) is 6.19. The van der Waals surface area contributed by atoms with Crippen molar-refractivity contribution in [2.45, 2.75) is 13.3 Å². The van der Waals surface area contributed by atoms with Crippen molar-refractivity contribution in [1.82, 2.24) is 4.98 Å². The third-order valence-electron chi connectivity index (χ3n) is 2.62. The lowest BCUT2D eigenvalue weighted by atomic mass is 10.1. The van der Waals surface area contributed by atoms with E-state index in [-0.39, 0.29) is 5.78 Å². The van der Waals surface area contributed by atoms with Crippen molar-refractivity contribution < 1.29 is 9.53 Å². The van der Waals surface area contributed by atoms with Crippen LogP contribution in [0.2, 0.25) is 5.02 Å². The molecule has 0 saturated carbocycles. The highest BCUT2D eigenvalue weighted by Gasteiger charge is 2.14. The maximum absolute atomic E-state index is 12.4. The Kier molecular flexibility index (Phi) is 5.15. The van der Waals surface area contributed by atoms with E-state index in [0.29, 0.717) is 28.5 Å². The molecule has 1 aromatic heterocycles. The molecule has 0 saturated heterocycles. The number of nitrogens with zero attached hydrogens (tertiary/aromatic N) is 1. The second kappa shape index (κ2) is 6.86. The van der Waals surface area contributed by atoms with Gasteiger partial charge in [0.15, 0.2) is 5.78 Å². The number of benzene rings is 1. The molecular weight excluding hydrogens is 342 g/mol. The first kappa shape index (κ1) is 15.0. The molecule has 2 rings (SSSR count). The molecule has 0 aliphatic rings. The summed E-state index contributed by atoms with van der Waals surface area (Å²) in [4.78, 5) is 16.5. The van der Waals surface area contributed by atoms with E-state index >= 15 is 0 Å². The van der Waals surface area contributed by atoms with Gasteiger partial charge in [-0.3, -0.25) is 9.78 Å². The number of carbonyl (C=O) groups is 1. The molecule has 0 radical (unpaired) electrons. The topological polar surface area (TPSA) is 39.2 Å². The van der Waals surface area contributed by atoms with Crippen molar-refractivity contribution in [3.63, 3.8) is 0 Å². The van der Waals surface area contributed by atoms with Crippen molar-refractivity contribution >= 4 is 33.3 Å². The van der Waals surface area contributed by atoms with Crippen LogP contribution in [0.25, 0.3) is 0 Å². The highest BCUT2D eigenvalue weighted by atomic mass is 79.9. The molecular formula is C15H13BrClNO2. The van der Waals surface area contributed by atoms with Crippen LogP contribution in [0.15, 0.2) is 41.1 Å². The van der Waals surface area contributed by atoms with E-state index in [1.165, 1.54) is 6.20 Å². The van der Waals surface area contributed by atoms with Gasteiger partial charge in [-0.15, -0.1) is 0 Å². The molecule has 20 heavy (non-hydrogen) atoms. The summed E-state index contributed by atoms with van der Waals surface area (Å²) in [5.74, 6) is 0.412. The average Bonchev–Trinajstić information content (AvgIpc) is 2.47. The van der Waals surface area contributed by atoms with E-state index in [0.717, 1.165) is 10.9 Å². The molecule has 0 spiro atoms. The first-order valence-corrected chi connectivity index (χ1v) is 7.36. The summed E-state index contributed by atoms with van der Waals surface area (Å²) in [6.07, 6.45) is 4.00. The third kappa shape index (κ3) is 3.58. The average molecular weight is 355 g/mol. The molecule has 1 heterocycles. The van der Waals surface area contributed by atoms with Crippen molar-refractivity contribution in [3.8, 4) is 5.75 Å². The number of pyridine rings is 1. The van der Waals surface area contributed by atoms with E-state index in [1.54, 1.807) is 30.5 Å². The minimum Gasteiger partial charge on any atom is -0.492 e. The summed E-state index contributed by atoms with van der Waals surface area (Å²) in [7, 11) is 0. The monoisotopic (exact) mass is 353 g/mol. The summed E-state index contributed by atoms with van der Waals surface area (Å²) < 4.78 is 6.28. The summed E-state index contributed by atoms with van der Waals surface area (Å²) in [5.41, 5.74) is 0.897. The fourth-order valence-corrected chi connectivity index (χ4v) is 2.23. The number of ketones is 1. The van der Waals surface area contributed by atoms with Crippen LogP contribution in [-0.2, 0) is 0 Å². The van der Waals surface area contributed by atoms with Gasteiger partial charge in [0, 0.05) is 21.8 Å². The van der Waals surface area contributed by atoms with E-state index in [1.807, 2.05) is 6.92 Å². The molecule has 2 aromatic rings. The maximum Gasteiger partial charge on any atom is 0.196 e. The SMILES string of the molecule is CCCOc1cncc(C(=O)c2cc(Br)ccc2Cl)c1. The quantitative estimate of drug-likeness (QED) is 0.741. The molecule has 0 aliphatic carbocycles. The van der Waals surface area contributed by atoms with Gasteiger partial charge >= 0.3 is 0 Å². The zero-order valence-electron chi connectivity index (χ0n) is 10.9. The zero-order valence-corrected chi connectivity index (χ0v) is 13.2. The summed E-state index contributed by atoms with van der Waals surface area (Å²) in [6, 6.07) is 6.86. The Morgan fingerprint density at radius 2 is 2.15 bits per heavy atom. The predicted molar refractivity (Wildman–Crippen MR) is 82.6 cm³/mol. The van der Waals surface area contributed by atoms with Gasteiger partial charge in [-0.05, 0) is 30.7 Å². The molecule has 104 valence electrons. The van der Waals surface area contributed by atoms with Gasteiger partial charge in [0.05, 0.1) is 17.8 Å². The Morgan fingerprint density at radius 1 is 1.35 bits per heavy atom. The van der Waals surface area contributed by atoms with E-state index in [9.17, 15) is 4.79 Å². The van der Waals surface area contributed by atoms with Crippen molar-refractivity contribution in [2.24, 2.45) is 0 Å². The minimum absolute atomic E-state index is 0.175. The van der Waals surface area contributed by atoms with Crippen LogP contribution in [0.4, 0.5) is 0 Å². The normalized spacial score (nSPS) is 10.3. The van der Waals surface area contributed by atoms with Crippen LogP contribution in [0, 0.1) is 0 Å². The molecule has 0 fully saturated rings. The Balaban J connectivity index is 2.31. The van der Waals surface area contributed by atoms with Gasteiger partial charge in [0.2, 0.25) is 0 Å². The highest BCUT2D eigenvalue weighted by molar-refractivity contribution is 9.10. The van der Waals surface area contributed by atoms with Gasteiger partial charge in [-0.25, -0.2) is 0 Å². The minimum atomic E-state index is -0.175. The van der Waals surface area contributed by atoms with Gasteiger partial charge in [-0.1, -0.05) is 34.5 Å². The maximum atomic E-state index is 12.4. The van der Waals surface area contributed by atoms with Crippen LogP contribution in [-0.4, -0.2) is 17.4 Å². The first-order chi connectivity index (χ1) is 9.61. The van der Waals surface area contributed by atoms with Crippen LogP contribution < -0.4 is 4.74 Å². The molecule has 1 aromatic carbocycles. The molecule has 0 N–H and O–H groups in total. The number of ether oxygens (including phenoxy) is 1. The van der Waals surface area contributed by atoms with Crippen LogP contribution in [0.5, 0.6) is 5.75 Å². The van der Waals surface area contributed by atoms with Gasteiger partial charge in [0.1, 0.15) is 5.75 Å². The summed E-state index contributed by atoms with van der Waals surface area (Å²) in [5, 5.41) is 0.415. The fourth-order valence-electron chi connectivity index (χ4n) is 1.67. The smallest absolute Gasteiger partial charge is 0.196 e. The Hall–Kier alpha value is -1.39. The van der Waals surface area contributed by atoms with E-state index in [2.05, 4.69) is 20.9 Å². The summed E-state index contributed by atoms with van der Waals surface area (Å²) >= 11 is 9.41. The number of hydrogen-bond acceptors (Lipinski definition) is 3. The second-order valence-corrected chi connectivity index (χ2v) is 5.53. The van der Waals surface area contributed by atoms with Crippen molar-refractivity contribution in [3.05, 3.63) is 57.3 Å². The molecule has 0 atom stereocenters. The third-order valence-corrected chi connectivity index (χ3v) is 3.44. The van der Waals surface area contributed by atoms with Crippen LogP contribution >= 0.6 is 27.5 Å². The zero-order chi connectivity index (χ0) is 14.5. The number of carbonyl (C=O) groups excluding carboxylic acids is 1. The lowest BCUT2D eigenvalue weighted by Crippen LogP contribution is -2.04. The fraction of sp³-hybridized carbons (Fsp3) is 0.200. The Bertz CT molecular complexity index is 631. The number of halogens is 2. The molecule has 3 nitrogen and oxygen atoms in total. The van der Waals surface area contributed by atoms with Gasteiger partial charge < -0.3 is 4.74 Å². The predicted octanol–water partition coefficient (Wildman–Crippen LogP) is 4.52. The van der Waals surface area contributed by atoms with E-state index in [4.69, 9.17) is 16.3 Å². The Labute approximate surface area is 131 Å². The van der Waals surface area contributed by atoms with E-state index < -0.39 is 0 Å². The number of hydrogen-bond donors (Lipinski definition) is 0. The molecule has 5 heteroatoms. The molecule has 0 unspecified atom stereocenters. The molecule has 0 aliphatic heterocycles. The van der Waals surface area contributed by atoms with Gasteiger partial charge in [0.25, 0.3) is 0 Å². The standard InChI is InChI=1S/C15H13BrClNO2/c1-2-5-20-12-6-10(8-18-9-12)15(19)13-7-11(16)3-4-14(13)17/h3-4,6-9H,2,5H2,1H3. The number of rotatable bonds is 5. The highest BCUT2D eigenvalue weighted by Crippen LogP contribution is 2.24. The summed E-state index contributed by atoms with van der Waals surface area (Å²) in [6.45, 7) is 2.61. The van der Waals surface area contributed by atoms with Crippen LogP contribution in [0.1, 0.15) is 29.3 Å². The Morgan fingerprint density at radius 3 is 2.90 bits per heavy atom. The van der Waals surface area contributed by atoms with Gasteiger partial charge in [-0.2, -0.15) is 0 Å².